The standard InChI is InChI=1S/C13H20N2O3S/c1-10(9-18-2)8-15-19(16,17)12-3-4-13-11(7-12)5-6-14-13/h3-4,7,10,14-15H,5-6,8-9H2,1-2H3. The van der Waals surface area contributed by atoms with E-state index in [-0.39, 0.29) is 5.92 Å². The highest BCUT2D eigenvalue weighted by molar-refractivity contribution is 7.89. The highest BCUT2D eigenvalue weighted by atomic mass is 32.2. The Labute approximate surface area is 114 Å². The monoisotopic (exact) mass is 284 g/mol. The number of benzene rings is 1. The van der Waals surface area contributed by atoms with Crippen molar-refractivity contribution >= 4 is 15.7 Å². The van der Waals surface area contributed by atoms with Crippen LogP contribution in [0, 0.1) is 5.92 Å². The lowest BCUT2D eigenvalue weighted by molar-refractivity contribution is 0.161. The molecule has 6 heteroatoms. The first-order valence-corrected chi connectivity index (χ1v) is 7.86. The molecule has 1 aromatic carbocycles. The van der Waals surface area contributed by atoms with Gasteiger partial charge in [-0.15, -0.1) is 0 Å². The van der Waals surface area contributed by atoms with Crippen LogP contribution in [0.25, 0.3) is 0 Å². The molecular weight excluding hydrogens is 264 g/mol. The number of hydrogen-bond donors (Lipinski definition) is 2. The Balaban J connectivity index is 2.07. The molecule has 1 aliphatic heterocycles. The smallest absolute Gasteiger partial charge is 0.240 e. The summed E-state index contributed by atoms with van der Waals surface area (Å²) in [5, 5.41) is 3.21. The Morgan fingerprint density at radius 1 is 1.47 bits per heavy atom. The SMILES string of the molecule is COCC(C)CNS(=O)(=O)c1ccc2c(c1)CCN2. The van der Waals surface area contributed by atoms with Gasteiger partial charge in [-0.2, -0.15) is 0 Å². The van der Waals surface area contributed by atoms with Crippen molar-refractivity contribution in [3.05, 3.63) is 23.8 Å². The van der Waals surface area contributed by atoms with Crippen LogP contribution >= 0.6 is 0 Å². The molecule has 1 heterocycles. The fourth-order valence-corrected chi connectivity index (χ4v) is 3.34. The van der Waals surface area contributed by atoms with Gasteiger partial charge in [0.05, 0.1) is 4.90 Å². The van der Waals surface area contributed by atoms with Crippen molar-refractivity contribution in [1.29, 1.82) is 0 Å². The maximum atomic E-state index is 12.2. The van der Waals surface area contributed by atoms with Gasteiger partial charge in [0.15, 0.2) is 0 Å². The fourth-order valence-electron chi connectivity index (χ4n) is 2.13. The summed E-state index contributed by atoms with van der Waals surface area (Å²) in [5.41, 5.74) is 2.10. The van der Waals surface area contributed by atoms with Crippen LogP contribution in [0.5, 0.6) is 0 Å². The zero-order valence-electron chi connectivity index (χ0n) is 11.3. The van der Waals surface area contributed by atoms with E-state index < -0.39 is 10.0 Å². The molecule has 106 valence electrons. The van der Waals surface area contributed by atoms with E-state index in [9.17, 15) is 8.42 Å². The maximum Gasteiger partial charge on any atom is 0.240 e. The maximum absolute atomic E-state index is 12.2. The molecule has 0 aromatic heterocycles. The van der Waals surface area contributed by atoms with Crippen molar-refractivity contribution in [2.45, 2.75) is 18.2 Å². The van der Waals surface area contributed by atoms with Crippen molar-refractivity contribution in [3.63, 3.8) is 0 Å². The molecule has 19 heavy (non-hydrogen) atoms. The molecule has 0 spiro atoms. The summed E-state index contributed by atoms with van der Waals surface area (Å²) >= 11 is 0. The van der Waals surface area contributed by atoms with E-state index in [1.54, 1.807) is 19.2 Å². The Hall–Kier alpha value is -1.11. The van der Waals surface area contributed by atoms with Gasteiger partial charge in [-0.25, -0.2) is 13.1 Å². The Kier molecular flexibility index (Phi) is 4.44. The molecule has 1 atom stereocenters. The zero-order chi connectivity index (χ0) is 13.9. The van der Waals surface area contributed by atoms with E-state index in [4.69, 9.17) is 4.74 Å². The summed E-state index contributed by atoms with van der Waals surface area (Å²) in [4.78, 5) is 0.333. The van der Waals surface area contributed by atoms with Gasteiger partial charge in [0.25, 0.3) is 0 Å². The fraction of sp³-hybridized carbons (Fsp3) is 0.538. The molecule has 0 aliphatic carbocycles. The third kappa shape index (κ3) is 3.46. The normalized spacial score (nSPS) is 15.9. The first-order chi connectivity index (χ1) is 9.03. The van der Waals surface area contributed by atoms with Crippen LogP contribution in [0.4, 0.5) is 5.69 Å². The Bertz CT molecular complexity index is 543. The van der Waals surface area contributed by atoms with Gasteiger partial charge in [0.2, 0.25) is 10.0 Å². The predicted octanol–water partition coefficient (Wildman–Crippen LogP) is 1.22. The lowest BCUT2D eigenvalue weighted by atomic mass is 10.2. The molecule has 0 bridgehead atoms. The minimum absolute atomic E-state index is 0.149. The number of hydrogen-bond acceptors (Lipinski definition) is 4. The summed E-state index contributed by atoms with van der Waals surface area (Å²) in [7, 11) is -1.82. The van der Waals surface area contributed by atoms with E-state index in [1.165, 1.54) is 0 Å². The topological polar surface area (TPSA) is 67.4 Å². The van der Waals surface area contributed by atoms with Crippen LogP contribution in [0.15, 0.2) is 23.1 Å². The number of nitrogens with one attached hydrogen (secondary N) is 2. The average Bonchev–Trinajstić information content (AvgIpc) is 2.84. The van der Waals surface area contributed by atoms with Crippen LogP contribution < -0.4 is 10.0 Å². The second kappa shape index (κ2) is 5.90. The van der Waals surface area contributed by atoms with Crippen molar-refractivity contribution in [3.8, 4) is 0 Å². The Morgan fingerprint density at radius 3 is 3.00 bits per heavy atom. The number of anilines is 1. The molecule has 2 N–H and O–H groups in total. The second-order valence-corrected chi connectivity index (χ2v) is 6.68. The summed E-state index contributed by atoms with van der Waals surface area (Å²) in [5.74, 6) is 0.149. The van der Waals surface area contributed by atoms with Gasteiger partial charge in [0.1, 0.15) is 0 Å². The van der Waals surface area contributed by atoms with E-state index in [1.807, 2.05) is 13.0 Å². The van der Waals surface area contributed by atoms with Crippen molar-refractivity contribution in [2.75, 3.05) is 32.1 Å². The lowest BCUT2D eigenvalue weighted by Gasteiger charge is -2.12. The summed E-state index contributed by atoms with van der Waals surface area (Å²) in [6, 6.07) is 5.22. The highest BCUT2D eigenvalue weighted by Gasteiger charge is 2.18. The minimum Gasteiger partial charge on any atom is -0.384 e. The molecule has 0 saturated heterocycles. The molecule has 0 saturated carbocycles. The highest BCUT2D eigenvalue weighted by Crippen LogP contribution is 2.24. The summed E-state index contributed by atoms with van der Waals surface area (Å²) in [6.45, 7) is 3.73. The summed E-state index contributed by atoms with van der Waals surface area (Å²) < 4.78 is 32.0. The van der Waals surface area contributed by atoms with Crippen LogP contribution in [0.1, 0.15) is 12.5 Å². The van der Waals surface area contributed by atoms with E-state index in [0.717, 1.165) is 24.2 Å². The molecule has 0 fully saturated rings. The predicted molar refractivity (Wildman–Crippen MR) is 74.9 cm³/mol. The number of fused-ring (bicyclic) bond motifs is 1. The van der Waals surface area contributed by atoms with Crippen molar-refractivity contribution in [2.24, 2.45) is 5.92 Å². The van der Waals surface area contributed by atoms with Gasteiger partial charge in [-0.05, 0) is 36.1 Å². The molecular formula is C13H20N2O3S. The number of sulfonamides is 1. The molecule has 0 radical (unpaired) electrons. The minimum atomic E-state index is -3.43. The molecule has 1 aliphatic rings. The number of methoxy groups -OCH3 is 1. The van der Waals surface area contributed by atoms with E-state index in [0.29, 0.717) is 18.0 Å². The molecule has 5 nitrogen and oxygen atoms in total. The number of ether oxygens (including phenoxy) is 1. The van der Waals surface area contributed by atoms with Crippen LogP contribution in [-0.4, -0.2) is 35.2 Å². The first-order valence-electron chi connectivity index (χ1n) is 6.38. The average molecular weight is 284 g/mol. The molecule has 0 amide bonds. The third-order valence-electron chi connectivity index (χ3n) is 3.17. The molecule has 1 unspecified atom stereocenters. The van der Waals surface area contributed by atoms with Gasteiger partial charge in [-0.3, -0.25) is 0 Å². The van der Waals surface area contributed by atoms with Gasteiger partial charge >= 0.3 is 0 Å². The largest absolute Gasteiger partial charge is 0.384 e. The van der Waals surface area contributed by atoms with Gasteiger partial charge < -0.3 is 10.1 Å². The summed E-state index contributed by atoms with van der Waals surface area (Å²) in [6.07, 6.45) is 0.874. The quantitative estimate of drug-likeness (QED) is 0.824. The Morgan fingerprint density at radius 2 is 2.26 bits per heavy atom. The molecule has 2 rings (SSSR count). The first kappa shape index (κ1) is 14.3. The lowest BCUT2D eigenvalue weighted by Crippen LogP contribution is -2.30. The van der Waals surface area contributed by atoms with Crippen molar-refractivity contribution in [1.82, 2.24) is 4.72 Å². The second-order valence-electron chi connectivity index (χ2n) is 4.91. The van der Waals surface area contributed by atoms with Crippen molar-refractivity contribution < 1.29 is 13.2 Å². The van der Waals surface area contributed by atoms with Crippen LogP contribution in [0.2, 0.25) is 0 Å². The van der Waals surface area contributed by atoms with Gasteiger partial charge in [0, 0.05) is 32.5 Å². The van der Waals surface area contributed by atoms with Crippen LogP contribution in [-0.2, 0) is 21.2 Å². The van der Waals surface area contributed by atoms with E-state index in [2.05, 4.69) is 10.0 Å². The molecule has 1 aromatic rings. The van der Waals surface area contributed by atoms with E-state index >= 15 is 0 Å². The van der Waals surface area contributed by atoms with Crippen LogP contribution in [0.3, 0.4) is 0 Å². The third-order valence-corrected chi connectivity index (χ3v) is 4.59. The van der Waals surface area contributed by atoms with Gasteiger partial charge in [-0.1, -0.05) is 6.92 Å². The number of rotatable bonds is 6. The zero-order valence-corrected chi connectivity index (χ0v) is 12.1.